The lowest BCUT2D eigenvalue weighted by molar-refractivity contribution is -0.116. The number of halogens is 1. The Kier molecular flexibility index (Phi) is 6.56. The zero-order valence-electron chi connectivity index (χ0n) is 14.1. The largest absolute Gasteiger partial charge is 0.326 e. The second kappa shape index (κ2) is 8.65. The van der Waals surface area contributed by atoms with Crippen molar-refractivity contribution in [3.63, 3.8) is 0 Å². The highest BCUT2D eigenvalue weighted by Gasteiger charge is 2.17. The first-order valence-corrected chi connectivity index (χ1v) is 8.20. The van der Waals surface area contributed by atoms with Crippen LogP contribution in [0.1, 0.15) is 34.8 Å². The lowest BCUT2D eigenvalue weighted by Crippen LogP contribution is -2.20. The molecular weight excluding hydrogens is 338 g/mol. The van der Waals surface area contributed by atoms with E-state index in [2.05, 4.69) is 16.0 Å². The normalized spacial score (nSPS) is 12.6. The summed E-state index contributed by atoms with van der Waals surface area (Å²) in [5, 5.41) is 9.09. The van der Waals surface area contributed by atoms with Crippen LogP contribution in [-0.4, -0.2) is 18.4 Å². The minimum absolute atomic E-state index is 0. The Hall–Kier alpha value is -2.37. The van der Waals surface area contributed by atoms with Crippen LogP contribution in [0.5, 0.6) is 0 Å². The maximum atomic E-state index is 12.6. The number of benzene rings is 2. The number of carbonyl (C=O) groups excluding carboxylic acids is 2. The number of aryl methyl sites for hydroxylation is 1. The van der Waals surface area contributed by atoms with E-state index in [4.69, 9.17) is 0 Å². The van der Waals surface area contributed by atoms with Crippen LogP contribution in [-0.2, 0) is 17.8 Å². The van der Waals surface area contributed by atoms with Crippen molar-refractivity contribution in [3.05, 3.63) is 59.2 Å². The Labute approximate surface area is 153 Å². The molecule has 0 spiro atoms. The van der Waals surface area contributed by atoms with Gasteiger partial charge in [-0.2, -0.15) is 0 Å². The molecule has 3 N–H and O–H groups in total. The molecule has 1 aliphatic heterocycles. The number of rotatable bonds is 5. The predicted molar refractivity (Wildman–Crippen MR) is 102 cm³/mol. The molecule has 6 heteroatoms. The molecule has 0 aliphatic carbocycles. The minimum Gasteiger partial charge on any atom is -0.326 e. The van der Waals surface area contributed by atoms with Gasteiger partial charge < -0.3 is 16.0 Å². The molecule has 0 aromatic heterocycles. The van der Waals surface area contributed by atoms with Gasteiger partial charge in [-0.05, 0) is 48.4 Å². The van der Waals surface area contributed by atoms with E-state index in [-0.39, 0.29) is 24.2 Å². The van der Waals surface area contributed by atoms with Crippen LogP contribution in [0.2, 0.25) is 0 Å². The fourth-order valence-corrected chi connectivity index (χ4v) is 2.78. The van der Waals surface area contributed by atoms with Gasteiger partial charge in [0.2, 0.25) is 5.91 Å². The van der Waals surface area contributed by atoms with Crippen molar-refractivity contribution < 1.29 is 9.59 Å². The Bertz CT molecular complexity index is 777. The first-order chi connectivity index (χ1) is 11.7. The van der Waals surface area contributed by atoms with Gasteiger partial charge >= 0.3 is 0 Å². The molecule has 132 valence electrons. The Morgan fingerprint density at radius 3 is 2.76 bits per heavy atom. The van der Waals surface area contributed by atoms with E-state index in [0.717, 1.165) is 29.0 Å². The average Bonchev–Trinajstić information content (AvgIpc) is 2.60. The zero-order chi connectivity index (χ0) is 16.9. The van der Waals surface area contributed by atoms with Crippen molar-refractivity contribution in [2.75, 3.05) is 17.2 Å². The summed E-state index contributed by atoms with van der Waals surface area (Å²) < 4.78 is 0. The average molecular weight is 360 g/mol. The van der Waals surface area contributed by atoms with Crippen molar-refractivity contribution in [2.45, 2.75) is 26.3 Å². The fraction of sp³-hybridized carbons (Fsp3) is 0.263. The summed E-state index contributed by atoms with van der Waals surface area (Å²) in [6.45, 7) is 3.63. The molecule has 0 unspecified atom stereocenters. The van der Waals surface area contributed by atoms with Crippen LogP contribution in [0.3, 0.4) is 0 Å². The molecule has 2 aromatic rings. The lowest BCUT2D eigenvalue weighted by atomic mass is 10.00. The number of hydrogen-bond donors (Lipinski definition) is 3. The van der Waals surface area contributed by atoms with Crippen LogP contribution in [0.25, 0.3) is 0 Å². The van der Waals surface area contributed by atoms with E-state index in [9.17, 15) is 9.59 Å². The summed E-state index contributed by atoms with van der Waals surface area (Å²) in [5.41, 5.74) is 4.27. The number of anilines is 2. The van der Waals surface area contributed by atoms with E-state index in [0.29, 0.717) is 24.9 Å². The highest BCUT2D eigenvalue weighted by Crippen LogP contribution is 2.24. The van der Waals surface area contributed by atoms with E-state index < -0.39 is 0 Å². The van der Waals surface area contributed by atoms with Crippen molar-refractivity contribution in [2.24, 2.45) is 0 Å². The third-order valence-corrected chi connectivity index (χ3v) is 4.09. The third kappa shape index (κ3) is 4.59. The standard InChI is InChI=1S/C19H21N3O2.ClH/c1-2-20-12-15-5-3-4-6-16(15)22-19(24)14-7-9-17-13(11-14)8-10-18(23)21-17;/h3-7,9,11,20H,2,8,10,12H2,1H3,(H,21,23)(H,22,24);1H. The topological polar surface area (TPSA) is 70.2 Å². The van der Waals surface area contributed by atoms with Crippen molar-refractivity contribution in [1.82, 2.24) is 5.32 Å². The van der Waals surface area contributed by atoms with Crippen LogP contribution in [0.15, 0.2) is 42.5 Å². The first kappa shape index (κ1) is 19.0. The van der Waals surface area contributed by atoms with Gasteiger partial charge in [0.1, 0.15) is 0 Å². The van der Waals surface area contributed by atoms with Crippen LogP contribution < -0.4 is 16.0 Å². The molecule has 2 aromatic carbocycles. The van der Waals surface area contributed by atoms with Gasteiger partial charge in [-0.25, -0.2) is 0 Å². The summed E-state index contributed by atoms with van der Waals surface area (Å²) in [7, 11) is 0. The highest BCUT2D eigenvalue weighted by atomic mass is 35.5. The summed E-state index contributed by atoms with van der Waals surface area (Å²) in [5.74, 6) is -0.115. The second-order valence-corrected chi connectivity index (χ2v) is 5.81. The Balaban J connectivity index is 0.00000225. The van der Waals surface area contributed by atoms with Crippen LogP contribution in [0.4, 0.5) is 11.4 Å². The van der Waals surface area contributed by atoms with Crippen LogP contribution >= 0.6 is 12.4 Å². The Morgan fingerprint density at radius 1 is 1.16 bits per heavy atom. The lowest BCUT2D eigenvalue weighted by Gasteiger charge is -2.17. The number of para-hydroxylation sites is 1. The van der Waals surface area contributed by atoms with Crippen molar-refractivity contribution >= 4 is 35.6 Å². The molecule has 3 rings (SSSR count). The fourth-order valence-electron chi connectivity index (χ4n) is 2.78. The maximum absolute atomic E-state index is 12.6. The monoisotopic (exact) mass is 359 g/mol. The first-order valence-electron chi connectivity index (χ1n) is 8.20. The minimum atomic E-state index is -0.140. The van der Waals surface area contributed by atoms with Gasteiger partial charge in [0.05, 0.1) is 0 Å². The molecule has 1 aliphatic rings. The zero-order valence-corrected chi connectivity index (χ0v) is 14.9. The molecule has 0 atom stereocenters. The van der Waals surface area contributed by atoms with E-state index >= 15 is 0 Å². The predicted octanol–water partition coefficient (Wildman–Crippen LogP) is 3.35. The molecule has 0 saturated heterocycles. The van der Waals surface area contributed by atoms with Gasteiger partial charge in [-0.1, -0.05) is 25.1 Å². The number of hydrogen-bond acceptors (Lipinski definition) is 3. The number of amides is 2. The molecule has 1 heterocycles. The van der Waals surface area contributed by atoms with E-state index in [1.807, 2.05) is 37.3 Å². The van der Waals surface area contributed by atoms with Gasteiger partial charge in [0, 0.05) is 29.9 Å². The summed E-state index contributed by atoms with van der Waals surface area (Å²) in [6, 6.07) is 13.2. The second-order valence-electron chi connectivity index (χ2n) is 5.81. The number of carbonyl (C=O) groups is 2. The molecule has 0 saturated carbocycles. The molecule has 0 fully saturated rings. The van der Waals surface area contributed by atoms with E-state index in [1.54, 1.807) is 12.1 Å². The van der Waals surface area contributed by atoms with Gasteiger partial charge in [0.15, 0.2) is 0 Å². The molecular formula is C19H22ClN3O2. The number of nitrogens with one attached hydrogen (secondary N) is 3. The highest BCUT2D eigenvalue weighted by molar-refractivity contribution is 6.05. The van der Waals surface area contributed by atoms with Gasteiger partial charge in [-0.3, -0.25) is 9.59 Å². The molecule has 5 nitrogen and oxygen atoms in total. The molecule has 2 amide bonds. The molecule has 0 bridgehead atoms. The Morgan fingerprint density at radius 2 is 1.96 bits per heavy atom. The van der Waals surface area contributed by atoms with Gasteiger partial charge in [0.25, 0.3) is 5.91 Å². The maximum Gasteiger partial charge on any atom is 0.255 e. The van der Waals surface area contributed by atoms with Crippen molar-refractivity contribution in [3.8, 4) is 0 Å². The quantitative estimate of drug-likeness (QED) is 0.766. The summed E-state index contributed by atoms with van der Waals surface area (Å²) in [4.78, 5) is 24.0. The van der Waals surface area contributed by atoms with Crippen molar-refractivity contribution in [1.29, 1.82) is 0 Å². The molecule has 0 radical (unpaired) electrons. The van der Waals surface area contributed by atoms with E-state index in [1.165, 1.54) is 0 Å². The summed E-state index contributed by atoms with van der Waals surface area (Å²) in [6.07, 6.45) is 1.13. The third-order valence-electron chi connectivity index (χ3n) is 4.09. The van der Waals surface area contributed by atoms with Crippen LogP contribution in [0, 0.1) is 0 Å². The molecule has 25 heavy (non-hydrogen) atoms. The number of fused-ring (bicyclic) bond motifs is 1. The summed E-state index contributed by atoms with van der Waals surface area (Å²) >= 11 is 0. The smallest absolute Gasteiger partial charge is 0.255 e. The SMILES string of the molecule is CCNCc1ccccc1NC(=O)c1ccc2c(c1)CCC(=O)N2.Cl. The van der Waals surface area contributed by atoms with Gasteiger partial charge in [-0.15, -0.1) is 12.4 Å².